The Labute approximate surface area is 108 Å². The molecule has 2 rings (SSSR count). The van der Waals surface area contributed by atoms with E-state index in [1.54, 1.807) is 12.3 Å². The van der Waals surface area contributed by atoms with E-state index in [1.165, 1.54) is 38.5 Å². The fraction of sp³-hybridized carbons (Fsp3) is 0.643. The van der Waals surface area contributed by atoms with E-state index in [0.29, 0.717) is 18.2 Å². The van der Waals surface area contributed by atoms with Gasteiger partial charge in [0.25, 0.3) is 0 Å². The first kappa shape index (κ1) is 13.4. The smallest absolute Gasteiger partial charge is 0.145 e. The van der Waals surface area contributed by atoms with Gasteiger partial charge in [0.1, 0.15) is 5.82 Å². The van der Waals surface area contributed by atoms with Crippen molar-refractivity contribution in [1.29, 1.82) is 0 Å². The second-order valence-electron chi connectivity index (χ2n) is 5.11. The van der Waals surface area contributed by atoms with Crippen LogP contribution in [0.25, 0.3) is 0 Å². The van der Waals surface area contributed by atoms with Crippen molar-refractivity contribution in [2.45, 2.75) is 38.8 Å². The lowest BCUT2D eigenvalue weighted by Crippen LogP contribution is -2.41. The summed E-state index contributed by atoms with van der Waals surface area (Å²) < 4.78 is 13.4. The summed E-state index contributed by atoms with van der Waals surface area (Å²) in [5.74, 6) is -0.227. The standard InChI is InChI=1S/C14H22FN3/c1-12(11-18-7-3-2-4-8-18)17-9-13-5-6-16-10-14(13)15/h5-6,10,12,17H,2-4,7-9,11H2,1H3. The molecule has 1 fully saturated rings. The summed E-state index contributed by atoms with van der Waals surface area (Å²) >= 11 is 0. The Morgan fingerprint density at radius 1 is 1.39 bits per heavy atom. The number of nitrogens with zero attached hydrogens (tertiary/aromatic N) is 2. The third kappa shape index (κ3) is 4.03. The van der Waals surface area contributed by atoms with Crippen LogP contribution in [0.4, 0.5) is 4.39 Å². The number of likely N-dealkylation sites (tertiary alicyclic amines) is 1. The maximum atomic E-state index is 13.4. The molecule has 1 N–H and O–H groups in total. The van der Waals surface area contributed by atoms with Crippen LogP contribution in [0.15, 0.2) is 18.5 Å². The van der Waals surface area contributed by atoms with E-state index in [4.69, 9.17) is 0 Å². The number of halogens is 1. The van der Waals surface area contributed by atoms with Crippen LogP contribution in [0, 0.1) is 5.82 Å². The average Bonchev–Trinajstić information content (AvgIpc) is 2.39. The molecule has 1 aromatic heterocycles. The number of hydrogen-bond donors (Lipinski definition) is 1. The van der Waals surface area contributed by atoms with Crippen LogP contribution < -0.4 is 5.32 Å². The minimum absolute atomic E-state index is 0.227. The fourth-order valence-corrected chi connectivity index (χ4v) is 2.43. The molecule has 0 radical (unpaired) electrons. The average molecular weight is 251 g/mol. The highest BCUT2D eigenvalue weighted by Gasteiger charge is 2.13. The maximum absolute atomic E-state index is 13.4. The molecule has 0 bridgehead atoms. The molecule has 1 aliphatic rings. The molecule has 0 amide bonds. The molecule has 0 spiro atoms. The minimum atomic E-state index is -0.227. The van der Waals surface area contributed by atoms with E-state index in [-0.39, 0.29) is 5.82 Å². The van der Waals surface area contributed by atoms with Gasteiger partial charge in [-0.1, -0.05) is 6.42 Å². The summed E-state index contributed by atoms with van der Waals surface area (Å²) in [5.41, 5.74) is 0.690. The Kier molecular flexibility index (Phi) is 5.08. The van der Waals surface area contributed by atoms with E-state index in [9.17, 15) is 4.39 Å². The Balaban J connectivity index is 1.74. The first-order valence-electron chi connectivity index (χ1n) is 6.80. The molecule has 0 aromatic carbocycles. The van der Waals surface area contributed by atoms with E-state index in [0.717, 1.165) is 6.54 Å². The van der Waals surface area contributed by atoms with Crippen molar-refractivity contribution in [3.63, 3.8) is 0 Å². The van der Waals surface area contributed by atoms with E-state index >= 15 is 0 Å². The Bertz CT molecular complexity index is 364. The lowest BCUT2D eigenvalue weighted by molar-refractivity contribution is 0.208. The molecule has 0 aliphatic carbocycles. The van der Waals surface area contributed by atoms with Gasteiger partial charge in [-0.25, -0.2) is 4.39 Å². The van der Waals surface area contributed by atoms with Gasteiger partial charge in [-0.05, 0) is 38.9 Å². The van der Waals surface area contributed by atoms with Crippen LogP contribution in [0.2, 0.25) is 0 Å². The van der Waals surface area contributed by atoms with Crippen LogP contribution in [0.5, 0.6) is 0 Å². The van der Waals surface area contributed by atoms with Crippen molar-refractivity contribution in [1.82, 2.24) is 15.2 Å². The number of pyridine rings is 1. The van der Waals surface area contributed by atoms with Crippen molar-refractivity contribution in [2.75, 3.05) is 19.6 Å². The van der Waals surface area contributed by atoms with E-state index < -0.39 is 0 Å². The van der Waals surface area contributed by atoms with Gasteiger partial charge in [0.05, 0.1) is 6.20 Å². The highest BCUT2D eigenvalue weighted by molar-refractivity contribution is 5.12. The second-order valence-corrected chi connectivity index (χ2v) is 5.11. The van der Waals surface area contributed by atoms with Crippen molar-refractivity contribution >= 4 is 0 Å². The summed E-state index contributed by atoms with van der Waals surface area (Å²) in [4.78, 5) is 6.24. The predicted molar refractivity (Wildman–Crippen MR) is 70.8 cm³/mol. The SMILES string of the molecule is CC(CN1CCCCC1)NCc1ccncc1F. The van der Waals surface area contributed by atoms with Crippen LogP contribution >= 0.6 is 0 Å². The van der Waals surface area contributed by atoms with Crippen LogP contribution in [-0.2, 0) is 6.54 Å². The van der Waals surface area contributed by atoms with Crippen LogP contribution in [0.3, 0.4) is 0 Å². The van der Waals surface area contributed by atoms with Gasteiger partial charge in [0.2, 0.25) is 0 Å². The zero-order chi connectivity index (χ0) is 12.8. The van der Waals surface area contributed by atoms with Gasteiger partial charge >= 0.3 is 0 Å². The first-order chi connectivity index (χ1) is 8.75. The van der Waals surface area contributed by atoms with Gasteiger partial charge in [-0.15, -0.1) is 0 Å². The van der Waals surface area contributed by atoms with Gasteiger partial charge in [0.15, 0.2) is 0 Å². The van der Waals surface area contributed by atoms with E-state index in [1.807, 2.05) is 0 Å². The molecule has 1 saturated heterocycles. The number of nitrogens with one attached hydrogen (secondary N) is 1. The molecule has 1 aromatic rings. The maximum Gasteiger partial charge on any atom is 0.145 e. The minimum Gasteiger partial charge on any atom is -0.309 e. The highest BCUT2D eigenvalue weighted by Crippen LogP contribution is 2.09. The van der Waals surface area contributed by atoms with Crippen LogP contribution in [-0.4, -0.2) is 35.6 Å². The number of hydrogen-bond acceptors (Lipinski definition) is 3. The van der Waals surface area contributed by atoms with Crippen molar-refractivity contribution in [2.24, 2.45) is 0 Å². The van der Waals surface area contributed by atoms with Gasteiger partial charge in [0, 0.05) is 30.9 Å². The van der Waals surface area contributed by atoms with Crippen molar-refractivity contribution in [3.05, 3.63) is 29.8 Å². The Hall–Kier alpha value is -1.00. The summed E-state index contributed by atoms with van der Waals surface area (Å²) in [7, 11) is 0. The highest BCUT2D eigenvalue weighted by atomic mass is 19.1. The monoisotopic (exact) mass is 251 g/mol. The molecule has 1 unspecified atom stereocenters. The normalized spacial score (nSPS) is 18.8. The second kappa shape index (κ2) is 6.81. The molecular weight excluding hydrogens is 229 g/mol. The Morgan fingerprint density at radius 3 is 2.89 bits per heavy atom. The lowest BCUT2D eigenvalue weighted by atomic mass is 10.1. The molecule has 4 heteroatoms. The third-order valence-corrected chi connectivity index (χ3v) is 3.48. The van der Waals surface area contributed by atoms with Crippen molar-refractivity contribution in [3.8, 4) is 0 Å². The zero-order valence-electron chi connectivity index (χ0n) is 11.0. The third-order valence-electron chi connectivity index (χ3n) is 3.48. The fourth-order valence-electron chi connectivity index (χ4n) is 2.43. The van der Waals surface area contributed by atoms with Gasteiger partial charge < -0.3 is 10.2 Å². The van der Waals surface area contributed by atoms with Crippen LogP contribution in [0.1, 0.15) is 31.7 Å². The first-order valence-corrected chi connectivity index (χ1v) is 6.80. The molecule has 18 heavy (non-hydrogen) atoms. The van der Waals surface area contributed by atoms with Crippen molar-refractivity contribution < 1.29 is 4.39 Å². The molecule has 3 nitrogen and oxygen atoms in total. The number of piperidine rings is 1. The molecule has 2 heterocycles. The molecule has 1 atom stereocenters. The Morgan fingerprint density at radius 2 is 2.17 bits per heavy atom. The topological polar surface area (TPSA) is 28.2 Å². The predicted octanol–water partition coefficient (Wildman–Crippen LogP) is 2.18. The summed E-state index contributed by atoms with van der Waals surface area (Å²) in [5, 5.41) is 3.38. The molecule has 1 aliphatic heterocycles. The molecule has 0 saturated carbocycles. The molecule has 100 valence electrons. The summed E-state index contributed by atoms with van der Waals surface area (Å²) in [6.45, 7) is 6.19. The van der Waals surface area contributed by atoms with Gasteiger partial charge in [-0.2, -0.15) is 0 Å². The largest absolute Gasteiger partial charge is 0.309 e. The van der Waals surface area contributed by atoms with Gasteiger partial charge in [-0.3, -0.25) is 4.98 Å². The number of aromatic nitrogens is 1. The zero-order valence-corrected chi connectivity index (χ0v) is 11.0. The molecular formula is C14H22FN3. The quantitative estimate of drug-likeness (QED) is 0.869. The number of rotatable bonds is 5. The summed E-state index contributed by atoms with van der Waals surface area (Å²) in [6, 6.07) is 2.12. The van der Waals surface area contributed by atoms with E-state index in [2.05, 4.69) is 22.1 Å². The lowest BCUT2D eigenvalue weighted by Gasteiger charge is -2.29. The summed E-state index contributed by atoms with van der Waals surface area (Å²) in [6.07, 6.45) is 6.89.